The average molecular weight is 264 g/mol. The number of nitrogens with zero attached hydrogens (tertiary/aromatic N) is 2. The van der Waals surface area contributed by atoms with Crippen molar-refractivity contribution in [2.75, 3.05) is 12.4 Å². The first-order chi connectivity index (χ1) is 8.61. The summed E-state index contributed by atoms with van der Waals surface area (Å²) >= 11 is 5.05. The molecular formula is C11H12N4O2S. The zero-order chi connectivity index (χ0) is 13.1. The molecular weight excluding hydrogens is 252 g/mol. The summed E-state index contributed by atoms with van der Waals surface area (Å²) in [7, 11) is 3.28. The minimum Gasteiger partial charge on any atom is -0.497 e. The van der Waals surface area contributed by atoms with Crippen LogP contribution < -0.4 is 10.1 Å². The molecule has 7 heteroatoms. The second kappa shape index (κ2) is 5.01. The number of methoxy groups -OCH3 is 1. The number of hydrogen-bond acceptors (Lipinski definition) is 4. The first kappa shape index (κ1) is 12.3. The number of carbonyl (C=O) groups excluding carboxylic acids is 1. The minimum atomic E-state index is -0.345. The Morgan fingerprint density at radius 3 is 2.61 bits per heavy atom. The number of aryl methyl sites for hydroxylation is 1. The van der Waals surface area contributed by atoms with Crippen molar-refractivity contribution in [1.29, 1.82) is 0 Å². The fourth-order valence-corrected chi connectivity index (χ4v) is 1.57. The van der Waals surface area contributed by atoms with E-state index >= 15 is 0 Å². The van der Waals surface area contributed by atoms with Gasteiger partial charge in [-0.3, -0.25) is 9.48 Å². The van der Waals surface area contributed by atoms with Crippen LogP contribution in [-0.2, 0) is 7.05 Å². The van der Waals surface area contributed by atoms with Gasteiger partial charge in [0.1, 0.15) is 5.75 Å². The van der Waals surface area contributed by atoms with E-state index in [9.17, 15) is 4.79 Å². The molecule has 94 valence electrons. The van der Waals surface area contributed by atoms with Crippen molar-refractivity contribution in [3.63, 3.8) is 0 Å². The predicted octanol–water partition coefficient (Wildman–Crippen LogP) is 1.74. The molecule has 0 aliphatic heterocycles. The van der Waals surface area contributed by atoms with E-state index in [2.05, 4.69) is 15.6 Å². The lowest BCUT2D eigenvalue weighted by atomic mass is 10.3. The van der Waals surface area contributed by atoms with Crippen LogP contribution in [0.2, 0.25) is 0 Å². The Morgan fingerprint density at radius 2 is 2.11 bits per heavy atom. The highest BCUT2D eigenvalue weighted by Crippen LogP contribution is 2.15. The monoisotopic (exact) mass is 264 g/mol. The van der Waals surface area contributed by atoms with Crippen LogP contribution in [-0.4, -0.2) is 28.0 Å². The highest BCUT2D eigenvalue weighted by molar-refractivity contribution is 7.71. The molecule has 1 aromatic carbocycles. The number of carbonyl (C=O) groups is 1. The van der Waals surface area contributed by atoms with Crippen LogP contribution in [0.4, 0.5) is 5.69 Å². The Bertz CT molecular complexity index is 615. The molecule has 0 spiro atoms. The Kier molecular flexibility index (Phi) is 3.42. The van der Waals surface area contributed by atoms with Gasteiger partial charge in [0.05, 0.1) is 7.11 Å². The maximum Gasteiger partial charge on any atom is 0.279 e. The Balaban J connectivity index is 2.16. The SMILES string of the molecule is COc1ccc(NC(=O)c2n[nH]n(C)c2=S)cc1. The molecule has 18 heavy (non-hydrogen) atoms. The summed E-state index contributed by atoms with van der Waals surface area (Å²) in [6.07, 6.45) is 0. The number of aromatic nitrogens is 3. The normalized spacial score (nSPS) is 10.1. The van der Waals surface area contributed by atoms with E-state index in [0.29, 0.717) is 10.3 Å². The van der Waals surface area contributed by atoms with Crippen LogP contribution in [0.25, 0.3) is 0 Å². The summed E-state index contributed by atoms with van der Waals surface area (Å²) in [5.41, 5.74) is 0.851. The van der Waals surface area contributed by atoms with E-state index in [-0.39, 0.29) is 11.6 Å². The molecule has 0 atom stereocenters. The van der Waals surface area contributed by atoms with Crippen molar-refractivity contribution in [2.45, 2.75) is 0 Å². The van der Waals surface area contributed by atoms with Crippen molar-refractivity contribution in [3.8, 4) is 5.75 Å². The Labute approximate surface area is 109 Å². The summed E-state index contributed by atoms with van der Waals surface area (Å²) in [5.74, 6) is 0.380. The smallest absolute Gasteiger partial charge is 0.279 e. The minimum absolute atomic E-state index is 0.198. The van der Waals surface area contributed by atoms with Gasteiger partial charge in [0.2, 0.25) is 0 Å². The second-order valence-electron chi connectivity index (χ2n) is 3.61. The number of rotatable bonds is 3. The summed E-state index contributed by atoms with van der Waals surface area (Å²) in [4.78, 5) is 11.9. The molecule has 2 aromatic rings. The lowest BCUT2D eigenvalue weighted by molar-refractivity contribution is 0.102. The molecule has 0 saturated carbocycles. The largest absolute Gasteiger partial charge is 0.497 e. The molecule has 0 aliphatic rings. The van der Waals surface area contributed by atoms with Crippen LogP contribution in [0, 0.1) is 4.64 Å². The summed E-state index contributed by atoms with van der Waals surface area (Å²) in [6.45, 7) is 0. The van der Waals surface area contributed by atoms with Crippen molar-refractivity contribution in [2.24, 2.45) is 7.05 Å². The van der Waals surface area contributed by atoms with Crippen LogP contribution >= 0.6 is 12.2 Å². The number of amides is 1. The molecule has 0 fully saturated rings. The van der Waals surface area contributed by atoms with E-state index in [1.807, 2.05) is 0 Å². The highest BCUT2D eigenvalue weighted by atomic mass is 32.1. The first-order valence-electron chi connectivity index (χ1n) is 5.18. The van der Waals surface area contributed by atoms with Gasteiger partial charge < -0.3 is 10.1 Å². The molecule has 0 aliphatic carbocycles. The third-order valence-electron chi connectivity index (χ3n) is 2.38. The lowest BCUT2D eigenvalue weighted by Crippen LogP contribution is -2.13. The highest BCUT2D eigenvalue weighted by Gasteiger charge is 2.12. The molecule has 1 amide bonds. The van der Waals surface area contributed by atoms with Gasteiger partial charge >= 0.3 is 0 Å². The zero-order valence-corrected chi connectivity index (χ0v) is 10.7. The topological polar surface area (TPSA) is 71.9 Å². The van der Waals surface area contributed by atoms with Crippen molar-refractivity contribution in [3.05, 3.63) is 34.6 Å². The third kappa shape index (κ3) is 2.40. The number of benzene rings is 1. The molecule has 6 nitrogen and oxygen atoms in total. The second-order valence-corrected chi connectivity index (χ2v) is 3.99. The number of aromatic amines is 1. The lowest BCUT2D eigenvalue weighted by Gasteiger charge is -2.04. The van der Waals surface area contributed by atoms with Crippen molar-refractivity contribution < 1.29 is 9.53 Å². The summed E-state index contributed by atoms with van der Waals surface area (Å²) < 4.78 is 6.89. The fraction of sp³-hybridized carbons (Fsp3) is 0.182. The van der Waals surface area contributed by atoms with Crippen molar-refractivity contribution in [1.82, 2.24) is 15.0 Å². The number of hydrogen-bond donors (Lipinski definition) is 2. The number of H-pyrrole nitrogens is 1. The Morgan fingerprint density at radius 1 is 1.44 bits per heavy atom. The van der Waals surface area contributed by atoms with Gasteiger partial charge in [0, 0.05) is 12.7 Å². The van der Waals surface area contributed by atoms with Crippen molar-refractivity contribution >= 4 is 23.8 Å². The van der Waals surface area contributed by atoms with Gasteiger partial charge in [-0.15, -0.1) is 0 Å². The number of anilines is 1. The van der Waals surface area contributed by atoms with E-state index in [0.717, 1.165) is 5.75 Å². The molecule has 0 radical (unpaired) electrons. The zero-order valence-electron chi connectivity index (χ0n) is 9.93. The summed E-state index contributed by atoms with van der Waals surface area (Å²) in [5, 5.41) is 9.15. The van der Waals surface area contributed by atoms with E-state index in [1.165, 1.54) is 4.68 Å². The number of nitrogens with one attached hydrogen (secondary N) is 2. The van der Waals surface area contributed by atoms with Crippen LogP contribution in [0.1, 0.15) is 10.5 Å². The van der Waals surface area contributed by atoms with Crippen LogP contribution in [0.3, 0.4) is 0 Å². The van der Waals surface area contributed by atoms with Gasteiger partial charge in [-0.05, 0) is 24.3 Å². The Hall–Kier alpha value is -2.15. The van der Waals surface area contributed by atoms with Crippen LogP contribution in [0.5, 0.6) is 5.75 Å². The van der Waals surface area contributed by atoms with Gasteiger partial charge in [0.25, 0.3) is 5.91 Å². The molecule has 0 saturated heterocycles. The molecule has 0 unspecified atom stereocenters. The molecule has 2 rings (SSSR count). The first-order valence-corrected chi connectivity index (χ1v) is 5.59. The molecule has 2 N–H and O–H groups in total. The maximum absolute atomic E-state index is 11.9. The molecule has 1 heterocycles. The standard InChI is InChI=1S/C11H12N4O2S/c1-15-11(18)9(13-14-15)10(16)12-7-3-5-8(17-2)6-4-7/h3-6,14H,1-2H3,(H,12,16). The average Bonchev–Trinajstić information content (AvgIpc) is 2.71. The van der Waals surface area contributed by atoms with Gasteiger partial charge in [-0.1, -0.05) is 12.2 Å². The van der Waals surface area contributed by atoms with E-state index in [1.54, 1.807) is 38.4 Å². The quantitative estimate of drug-likeness (QED) is 0.828. The van der Waals surface area contributed by atoms with Gasteiger partial charge in [0.15, 0.2) is 10.3 Å². The predicted molar refractivity (Wildman–Crippen MR) is 69.3 cm³/mol. The summed E-state index contributed by atoms with van der Waals surface area (Å²) in [6, 6.07) is 7.00. The fourth-order valence-electron chi connectivity index (χ4n) is 1.39. The molecule has 0 bridgehead atoms. The maximum atomic E-state index is 11.9. The third-order valence-corrected chi connectivity index (χ3v) is 2.85. The molecule has 1 aromatic heterocycles. The van der Waals surface area contributed by atoms with Gasteiger partial charge in [-0.2, -0.15) is 5.10 Å². The number of ether oxygens (including phenoxy) is 1. The van der Waals surface area contributed by atoms with Gasteiger partial charge in [-0.25, -0.2) is 5.21 Å². The van der Waals surface area contributed by atoms with E-state index < -0.39 is 0 Å². The van der Waals surface area contributed by atoms with E-state index in [4.69, 9.17) is 17.0 Å². The van der Waals surface area contributed by atoms with Crippen LogP contribution in [0.15, 0.2) is 24.3 Å².